The number of carbonyl (C=O) groups is 2. The number of amides is 2. The van der Waals surface area contributed by atoms with Crippen LogP contribution < -0.4 is 5.32 Å². The van der Waals surface area contributed by atoms with E-state index in [0.29, 0.717) is 19.4 Å². The van der Waals surface area contributed by atoms with Crippen molar-refractivity contribution in [1.82, 2.24) is 20.2 Å². The summed E-state index contributed by atoms with van der Waals surface area (Å²) in [5.74, 6) is 0.850. The zero-order valence-corrected chi connectivity index (χ0v) is 19.0. The highest BCUT2D eigenvalue weighted by molar-refractivity contribution is 5.84. The molecule has 33 heavy (non-hydrogen) atoms. The Balaban J connectivity index is 1.59. The molecule has 1 aliphatic rings. The Morgan fingerprint density at radius 1 is 1.24 bits per heavy atom. The first-order valence-corrected chi connectivity index (χ1v) is 11.4. The summed E-state index contributed by atoms with van der Waals surface area (Å²) in [6, 6.07) is 12.5. The van der Waals surface area contributed by atoms with Crippen LogP contribution in [0.4, 0.5) is 0 Å². The van der Waals surface area contributed by atoms with E-state index >= 15 is 0 Å². The average molecular weight is 447 g/mol. The molecular weight excluding hydrogens is 416 g/mol. The van der Waals surface area contributed by atoms with Crippen molar-refractivity contribution in [3.8, 4) is 17.0 Å². The van der Waals surface area contributed by atoms with E-state index in [9.17, 15) is 14.7 Å². The lowest BCUT2D eigenvalue weighted by molar-refractivity contribution is -0.138. The van der Waals surface area contributed by atoms with Crippen LogP contribution in [0.15, 0.2) is 48.7 Å². The van der Waals surface area contributed by atoms with Crippen LogP contribution in [0.2, 0.25) is 0 Å². The molecule has 2 atom stereocenters. The standard InChI is InChI=1S/C26H30N4O3/c1-17-12-20(32)13-18(2)21(17)14-22(28-16-31)26(33)30-11-7-6-10-24(30)25-27-15-23(29-25)19-8-4-3-5-9-19/h3-5,8-9,12-13,15-16,22,24,32H,6-7,10-11,14H2,1-2H3,(H,27,29)(H,28,31)/t22-,24-/m0/s1. The van der Waals surface area contributed by atoms with Crippen LogP contribution in [0.25, 0.3) is 11.3 Å². The summed E-state index contributed by atoms with van der Waals surface area (Å²) in [4.78, 5) is 34.9. The van der Waals surface area contributed by atoms with Crippen LogP contribution in [0.1, 0.15) is 47.8 Å². The van der Waals surface area contributed by atoms with Crippen molar-refractivity contribution in [2.75, 3.05) is 6.54 Å². The van der Waals surface area contributed by atoms with Crippen molar-refractivity contribution in [3.63, 3.8) is 0 Å². The molecular formula is C26H30N4O3. The van der Waals surface area contributed by atoms with Crippen molar-refractivity contribution in [1.29, 1.82) is 0 Å². The smallest absolute Gasteiger partial charge is 0.246 e. The summed E-state index contributed by atoms with van der Waals surface area (Å²) < 4.78 is 0. The van der Waals surface area contributed by atoms with Crippen molar-refractivity contribution in [2.45, 2.75) is 51.6 Å². The minimum atomic E-state index is -0.686. The fourth-order valence-corrected chi connectivity index (χ4v) is 4.75. The third-order valence-electron chi connectivity index (χ3n) is 6.44. The number of benzene rings is 2. The van der Waals surface area contributed by atoms with Gasteiger partial charge in [0.05, 0.1) is 17.9 Å². The van der Waals surface area contributed by atoms with Gasteiger partial charge in [-0.15, -0.1) is 0 Å². The Morgan fingerprint density at radius 3 is 2.67 bits per heavy atom. The molecule has 0 unspecified atom stereocenters. The van der Waals surface area contributed by atoms with Gasteiger partial charge in [-0.05, 0) is 67.5 Å². The summed E-state index contributed by atoms with van der Waals surface area (Å²) in [5.41, 5.74) is 4.71. The SMILES string of the molecule is Cc1cc(O)cc(C)c1C[C@H](NC=O)C(=O)N1CCCC[C@H]1c1ncc(-c2ccccc2)[nH]1. The van der Waals surface area contributed by atoms with Crippen LogP contribution in [0.3, 0.4) is 0 Å². The van der Waals surface area contributed by atoms with Gasteiger partial charge in [-0.3, -0.25) is 9.59 Å². The molecule has 0 bridgehead atoms. The number of phenolic OH excluding ortho intramolecular Hbond substituents is 1. The Labute approximate surface area is 193 Å². The minimum absolute atomic E-state index is 0.115. The molecule has 1 aromatic heterocycles. The zero-order chi connectivity index (χ0) is 23.4. The number of likely N-dealkylation sites (tertiary alicyclic amines) is 1. The Morgan fingerprint density at radius 2 is 1.97 bits per heavy atom. The lowest BCUT2D eigenvalue weighted by Crippen LogP contribution is -2.50. The van der Waals surface area contributed by atoms with Gasteiger partial charge >= 0.3 is 0 Å². The molecule has 2 aromatic carbocycles. The van der Waals surface area contributed by atoms with Crippen molar-refractivity contribution >= 4 is 12.3 Å². The summed E-state index contributed by atoms with van der Waals surface area (Å²) >= 11 is 0. The first kappa shape index (κ1) is 22.6. The number of nitrogens with zero attached hydrogens (tertiary/aromatic N) is 2. The number of H-pyrrole nitrogens is 1. The van der Waals surface area contributed by atoms with Crippen molar-refractivity contribution < 1.29 is 14.7 Å². The van der Waals surface area contributed by atoms with Crippen LogP contribution in [0.5, 0.6) is 5.75 Å². The maximum atomic E-state index is 13.7. The number of carbonyl (C=O) groups excluding carboxylic acids is 2. The number of aromatic amines is 1. The second-order valence-electron chi connectivity index (χ2n) is 8.69. The number of imidazole rings is 1. The first-order chi connectivity index (χ1) is 16.0. The van der Waals surface area contributed by atoms with E-state index in [4.69, 9.17) is 0 Å². The lowest BCUT2D eigenvalue weighted by Gasteiger charge is -2.37. The van der Waals surface area contributed by atoms with E-state index in [1.807, 2.05) is 55.3 Å². The van der Waals surface area contributed by atoms with E-state index in [2.05, 4.69) is 15.3 Å². The molecule has 2 heterocycles. The number of nitrogens with one attached hydrogen (secondary N) is 2. The Hall–Kier alpha value is -3.61. The van der Waals surface area contributed by atoms with Crippen LogP contribution in [-0.4, -0.2) is 44.9 Å². The summed E-state index contributed by atoms with van der Waals surface area (Å²) in [6.45, 7) is 4.43. The maximum absolute atomic E-state index is 13.7. The van der Waals surface area contributed by atoms with Gasteiger partial charge in [0.2, 0.25) is 12.3 Å². The molecule has 7 nitrogen and oxygen atoms in total. The van der Waals surface area contributed by atoms with E-state index in [1.165, 1.54) is 0 Å². The van der Waals surface area contributed by atoms with E-state index in [0.717, 1.165) is 53.0 Å². The lowest BCUT2D eigenvalue weighted by atomic mass is 9.94. The van der Waals surface area contributed by atoms with Crippen LogP contribution >= 0.6 is 0 Å². The largest absolute Gasteiger partial charge is 0.508 e. The Kier molecular flexibility index (Phi) is 6.77. The fourth-order valence-electron chi connectivity index (χ4n) is 4.75. The summed E-state index contributed by atoms with van der Waals surface area (Å²) in [6.07, 6.45) is 5.52. The van der Waals surface area contributed by atoms with Crippen molar-refractivity contribution in [2.24, 2.45) is 0 Å². The molecule has 0 aliphatic carbocycles. The van der Waals surface area contributed by atoms with Crippen LogP contribution in [0, 0.1) is 13.8 Å². The average Bonchev–Trinajstić information content (AvgIpc) is 3.31. The van der Waals surface area contributed by atoms with Gasteiger partial charge in [-0.25, -0.2) is 4.98 Å². The molecule has 4 rings (SSSR count). The molecule has 3 aromatic rings. The Bertz CT molecular complexity index is 1100. The molecule has 7 heteroatoms. The van der Waals surface area contributed by atoms with Gasteiger partial charge < -0.3 is 20.3 Å². The molecule has 172 valence electrons. The molecule has 3 N–H and O–H groups in total. The molecule has 2 amide bonds. The van der Waals surface area contributed by atoms with Gasteiger partial charge in [0.1, 0.15) is 17.6 Å². The van der Waals surface area contributed by atoms with Gasteiger partial charge in [-0.2, -0.15) is 0 Å². The third kappa shape index (κ3) is 4.92. The number of aromatic nitrogens is 2. The molecule has 1 fully saturated rings. The summed E-state index contributed by atoms with van der Waals surface area (Å²) in [7, 11) is 0. The van der Waals surface area contributed by atoms with Gasteiger partial charge in [-0.1, -0.05) is 30.3 Å². The topological polar surface area (TPSA) is 98.3 Å². The summed E-state index contributed by atoms with van der Waals surface area (Å²) in [5, 5.41) is 12.6. The number of rotatable bonds is 7. The fraction of sp³-hybridized carbons (Fsp3) is 0.346. The number of phenols is 1. The maximum Gasteiger partial charge on any atom is 0.246 e. The third-order valence-corrected chi connectivity index (χ3v) is 6.44. The van der Waals surface area contributed by atoms with E-state index < -0.39 is 6.04 Å². The van der Waals surface area contributed by atoms with E-state index in [1.54, 1.807) is 12.1 Å². The second-order valence-corrected chi connectivity index (χ2v) is 8.69. The number of hydrogen-bond acceptors (Lipinski definition) is 4. The first-order valence-electron chi connectivity index (χ1n) is 11.4. The minimum Gasteiger partial charge on any atom is -0.508 e. The molecule has 1 aliphatic heterocycles. The molecule has 0 radical (unpaired) electrons. The zero-order valence-electron chi connectivity index (χ0n) is 19.0. The highest BCUT2D eigenvalue weighted by atomic mass is 16.3. The predicted octanol–water partition coefficient (Wildman–Crippen LogP) is 3.81. The van der Waals surface area contributed by atoms with E-state index in [-0.39, 0.29) is 17.7 Å². The quantitative estimate of drug-likeness (QED) is 0.481. The predicted molar refractivity (Wildman–Crippen MR) is 127 cm³/mol. The molecule has 0 spiro atoms. The number of piperidine rings is 1. The highest BCUT2D eigenvalue weighted by Crippen LogP contribution is 2.32. The number of aromatic hydroxyl groups is 1. The second kappa shape index (κ2) is 9.90. The van der Waals surface area contributed by atoms with Gasteiger partial charge in [0.25, 0.3) is 0 Å². The number of aryl methyl sites for hydroxylation is 2. The van der Waals surface area contributed by atoms with Gasteiger partial charge in [0.15, 0.2) is 0 Å². The van der Waals surface area contributed by atoms with Crippen molar-refractivity contribution in [3.05, 3.63) is 71.2 Å². The normalized spacial score (nSPS) is 16.9. The number of hydrogen-bond donors (Lipinski definition) is 3. The highest BCUT2D eigenvalue weighted by Gasteiger charge is 2.34. The van der Waals surface area contributed by atoms with Crippen LogP contribution in [-0.2, 0) is 16.0 Å². The molecule has 0 saturated carbocycles. The molecule has 1 saturated heterocycles. The monoisotopic (exact) mass is 446 g/mol. The van der Waals surface area contributed by atoms with Gasteiger partial charge in [0, 0.05) is 13.0 Å².